The molecular formula is C22H26N2O4S. The van der Waals surface area contributed by atoms with Crippen LogP contribution in [0.5, 0.6) is 0 Å². The molecular weight excluding hydrogens is 388 g/mol. The summed E-state index contributed by atoms with van der Waals surface area (Å²) in [6.45, 7) is 3.13. The second-order valence-corrected chi connectivity index (χ2v) is 8.10. The van der Waals surface area contributed by atoms with Crippen molar-refractivity contribution in [3.8, 4) is 0 Å². The molecule has 1 aliphatic heterocycles. The van der Waals surface area contributed by atoms with Gasteiger partial charge in [-0.1, -0.05) is 36.4 Å². The maximum atomic E-state index is 12.4. The molecule has 1 aromatic carbocycles. The molecule has 1 N–H and O–H groups in total. The number of amides is 2. The van der Waals surface area contributed by atoms with E-state index in [0.717, 1.165) is 12.0 Å². The van der Waals surface area contributed by atoms with Gasteiger partial charge < -0.3 is 15.0 Å². The maximum Gasteiger partial charge on any atom is 0.309 e. The summed E-state index contributed by atoms with van der Waals surface area (Å²) in [5.41, 5.74) is 1.14. The molecule has 1 aliphatic rings. The van der Waals surface area contributed by atoms with Crippen molar-refractivity contribution in [2.75, 3.05) is 19.6 Å². The van der Waals surface area contributed by atoms with Gasteiger partial charge in [0.15, 0.2) is 6.10 Å². The molecule has 0 bridgehead atoms. The van der Waals surface area contributed by atoms with Gasteiger partial charge in [-0.2, -0.15) is 0 Å². The van der Waals surface area contributed by atoms with Crippen molar-refractivity contribution in [1.29, 1.82) is 0 Å². The van der Waals surface area contributed by atoms with Crippen LogP contribution in [0.4, 0.5) is 0 Å². The number of benzene rings is 1. The zero-order valence-electron chi connectivity index (χ0n) is 16.5. The molecule has 0 unspecified atom stereocenters. The fourth-order valence-corrected chi connectivity index (χ4v) is 4.01. The molecule has 2 amide bonds. The number of piperidine rings is 1. The van der Waals surface area contributed by atoms with E-state index in [-0.39, 0.29) is 23.7 Å². The fourth-order valence-electron chi connectivity index (χ4n) is 3.32. The van der Waals surface area contributed by atoms with Crippen LogP contribution >= 0.6 is 11.3 Å². The third kappa shape index (κ3) is 5.90. The Hall–Kier alpha value is -2.67. The van der Waals surface area contributed by atoms with Crippen molar-refractivity contribution >= 4 is 29.1 Å². The van der Waals surface area contributed by atoms with Crippen molar-refractivity contribution in [2.45, 2.75) is 32.3 Å². The van der Waals surface area contributed by atoms with Gasteiger partial charge in [-0.25, -0.2) is 0 Å². The van der Waals surface area contributed by atoms with Gasteiger partial charge in [-0.15, -0.1) is 11.3 Å². The van der Waals surface area contributed by atoms with E-state index < -0.39 is 6.10 Å². The lowest BCUT2D eigenvalue weighted by Crippen LogP contribution is -2.42. The third-order valence-electron chi connectivity index (χ3n) is 5.07. The lowest BCUT2D eigenvalue weighted by Gasteiger charge is -2.31. The van der Waals surface area contributed by atoms with E-state index in [1.807, 2.05) is 47.8 Å². The normalized spacial score (nSPS) is 15.6. The average molecular weight is 415 g/mol. The standard InChI is InChI=1S/C22H26N2O4S/c1-16(20(25)23-12-9-17-6-3-2-4-7-17)28-22(27)18-10-13-24(14-11-18)21(26)19-8-5-15-29-19/h2-8,15-16,18H,9-14H2,1H3,(H,23,25)/t16-/m0/s1. The molecule has 0 saturated carbocycles. The molecule has 154 valence electrons. The Balaban J connectivity index is 1.38. The number of carbonyl (C=O) groups excluding carboxylic acids is 3. The number of hydrogen-bond acceptors (Lipinski definition) is 5. The van der Waals surface area contributed by atoms with Crippen LogP contribution in [0, 0.1) is 5.92 Å². The van der Waals surface area contributed by atoms with Crippen LogP contribution in [0.2, 0.25) is 0 Å². The summed E-state index contributed by atoms with van der Waals surface area (Å²) in [6.07, 6.45) is 1.00. The van der Waals surface area contributed by atoms with E-state index in [4.69, 9.17) is 4.74 Å². The first-order chi connectivity index (χ1) is 14.0. The minimum atomic E-state index is -0.830. The highest BCUT2D eigenvalue weighted by molar-refractivity contribution is 7.12. The highest BCUT2D eigenvalue weighted by Gasteiger charge is 2.30. The first kappa shape index (κ1) is 21.0. The number of nitrogens with zero attached hydrogens (tertiary/aromatic N) is 1. The van der Waals surface area contributed by atoms with Gasteiger partial charge in [-0.05, 0) is 43.2 Å². The number of likely N-dealkylation sites (tertiary alicyclic amines) is 1. The fraction of sp³-hybridized carbons (Fsp3) is 0.409. The predicted octanol–water partition coefficient (Wildman–Crippen LogP) is 2.89. The highest BCUT2D eigenvalue weighted by atomic mass is 32.1. The van der Waals surface area contributed by atoms with E-state index in [0.29, 0.717) is 37.4 Å². The van der Waals surface area contributed by atoms with Crippen molar-refractivity contribution in [2.24, 2.45) is 5.92 Å². The summed E-state index contributed by atoms with van der Waals surface area (Å²) >= 11 is 1.42. The smallest absolute Gasteiger partial charge is 0.309 e. The Morgan fingerprint density at radius 2 is 1.86 bits per heavy atom. The van der Waals surface area contributed by atoms with Gasteiger partial charge in [-0.3, -0.25) is 14.4 Å². The highest BCUT2D eigenvalue weighted by Crippen LogP contribution is 2.22. The summed E-state index contributed by atoms with van der Waals surface area (Å²) in [4.78, 5) is 39.5. The number of hydrogen-bond donors (Lipinski definition) is 1. The van der Waals surface area contributed by atoms with Crippen molar-refractivity contribution in [3.63, 3.8) is 0 Å². The van der Waals surface area contributed by atoms with Gasteiger partial charge in [0.2, 0.25) is 0 Å². The molecule has 3 rings (SSSR count). The van der Waals surface area contributed by atoms with Crippen LogP contribution in [-0.4, -0.2) is 48.4 Å². The van der Waals surface area contributed by atoms with E-state index in [2.05, 4.69) is 5.32 Å². The first-order valence-electron chi connectivity index (χ1n) is 9.89. The van der Waals surface area contributed by atoms with E-state index in [9.17, 15) is 14.4 Å². The Kier molecular flexibility index (Phi) is 7.41. The summed E-state index contributed by atoms with van der Waals surface area (Å²) in [5, 5.41) is 4.69. The SMILES string of the molecule is C[C@H](OC(=O)C1CCN(C(=O)c2cccs2)CC1)C(=O)NCCc1ccccc1. The minimum Gasteiger partial charge on any atom is -0.452 e. The van der Waals surface area contributed by atoms with Crippen molar-refractivity contribution in [1.82, 2.24) is 10.2 Å². The van der Waals surface area contributed by atoms with E-state index in [1.165, 1.54) is 11.3 Å². The average Bonchev–Trinajstić information content (AvgIpc) is 3.29. The number of rotatable bonds is 7. The lowest BCUT2D eigenvalue weighted by molar-refractivity contribution is -0.160. The molecule has 2 aromatic rings. The molecule has 2 heterocycles. The number of thiophene rings is 1. The van der Waals surface area contributed by atoms with E-state index >= 15 is 0 Å². The Bertz CT molecular complexity index is 815. The number of esters is 1. The molecule has 1 atom stereocenters. The van der Waals surface area contributed by atoms with Crippen LogP contribution in [0.15, 0.2) is 47.8 Å². The lowest BCUT2D eigenvalue weighted by atomic mass is 9.97. The van der Waals surface area contributed by atoms with Crippen LogP contribution in [0.25, 0.3) is 0 Å². The van der Waals surface area contributed by atoms with E-state index in [1.54, 1.807) is 11.8 Å². The second-order valence-electron chi connectivity index (χ2n) is 7.15. The van der Waals surface area contributed by atoms with Crippen LogP contribution < -0.4 is 5.32 Å². The molecule has 0 radical (unpaired) electrons. The summed E-state index contributed by atoms with van der Waals surface area (Å²) in [6, 6.07) is 13.5. The topological polar surface area (TPSA) is 75.7 Å². The quantitative estimate of drug-likeness (QED) is 0.707. The molecule has 1 saturated heterocycles. The van der Waals surface area contributed by atoms with Crippen molar-refractivity contribution in [3.05, 3.63) is 58.3 Å². The first-order valence-corrected chi connectivity index (χ1v) is 10.8. The number of carbonyl (C=O) groups is 3. The summed E-state index contributed by atoms with van der Waals surface area (Å²) < 4.78 is 5.37. The number of nitrogens with one attached hydrogen (secondary N) is 1. The van der Waals surface area contributed by atoms with Gasteiger partial charge >= 0.3 is 5.97 Å². The molecule has 6 nitrogen and oxygen atoms in total. The molecule has 1 fully saturated rings. The maximum absolute atomic E-state index is 12.4. The Morgan fingerprint density at radius 3 is 2.52 bits per heavy atom. The second kappa shape index (κ2) is 10.2. The molecule has 1 aromatic heterocycles. The van der Waals surface area contributed by atoms with Gasteiger partial charge in [0.1, 0.15) is 0 Å². The van der Waals surface area contributed by atoms with Crippen LogP contribution in [-0.2, 0) is 20.7 Å². The largest absolute Gasteiger partial charge is 0.452 e. The van der Waals surface area contributed by atoms with Crippen LogP contribution in [0.1, 0.15) is 35.0 Å². The molecule has 0 spiro atoms. The van der Waals surface area contributed by atoms with Crippen LogP contribution in [0.3, 0.4) is 0 Å². The minimum absolute atomic E-state index is 0.0120. The molecule has 0 aliphatic carbocycles. The molecule has 7 heteroatoms. The third-order valence-corrected chi connectivity index (χ3v) is 5.92. The van der Waals surface area contributed by atoms with Gasteiger partial charge in [0.25, 0.3) is 11.8 Å². The Morgan fingerprint density at radius 1 is 1.14 bits per heavy atom. The summed E-state index contributed by atoms with van der Waals surface area (Å²) in [7, 11) is 0. The van der Waals surface area contributed by atoms with Gasteiger partial charge in [0.05, 0.1) is 10.8 Å². The zero-order valence-corrected chi connectivity index (χ0v) is 17.3. The van der Waals surface area contributed by atoms with Crippen molar-refractivity contribution < 1.29 is 19.1 Å². The summed E-state index contributed by atoms with van der Waals surface area (Å²) in [5.74, 6) is -0.918. The Labute approximate surface area is 174 Å². The number of ether oxygens (including phenoxy) is 1. The molecule has 29 heavy (non-hydrogen) atoms. The van der Waals surface area contributed by atoms with Gasteiger partial charge in [0, 0.05) is 19.6 Å². The monoisotopic (exact) mass is 414 g/mol. The zero-order chi connectivity index (χ0) is 20.6. The predicted molar refractivity (Wildman–Crippen MR) is 112 cm³/mol.